The molecule has 0 aromatic carbocycles. The Labute approximate surface area is 104 Å². The first-order chi connectivity index (χ1) is 7.99. The van der Waals surface area contributed by atoms with E-state index in [1.807, 2.05) is 0 Å². The molecule has 0 spiro atoms. The van der Waals surface area contributed by atoms with Gasteiger partial charge in [-0.25, -0.2) is 4.79 Å². The van der Waals surface area contributed by atoms with E-state index in [2.05, 4.69) is 4.98 Å². The molecule has 1 atom stereocenters. The van der Waals surface area contributed by atoms with E-state index in [1.54, 1.807) is 25.3 Å². The maximum absolute atomic E-state index is 12.1. The zero-order chi connectivity index (χ0) is 13.0. The summed E-state index contributed by atoms with van der Waals surface area (Å²) in [6.07, 6.45) is 1.62. The number of nitrogens with one attached hydrogen (secondary N) is 1. The number of aromatic amines is 1. The lowest BCUT2D eigenvalue weighted by molar-refractivity contribution is -0.141. The van der Waals surface area contributed by atoms with Gasteiger partial charge in [-0.3, -0.25) is 4.79 Å². The molecule has 6 heteroatoms. The summed E-state index contributed by atoms with van der Waals surface area (Å²) >= 11 is 5.00. The molecule has 2 N–H and O–H groups in total. The smallest absolute Gasteiger partial charge is 0.326 e. The van der Waals surface area contributed by atoms with Gasteiger partial charge in [-0.15, -0.1) is 0 Å². The average molecular weight is 254 g/mol. The molecule has 0 aliphatic heterocycles. The highest BCUT2D eigenvalue weighted by atomic mass is 32.1. The standard InChI is InChI=1S/C11H14N2O3S/c1-3-13(7(2)11(15)16)10(14)8-5-4-6-12-9(8)17/h4-7H,3H2,1-2H3,(H,12,17)(H,15,16). The number of aromatic nitrogens is 1. The molecule has 17 heavy (non-hydrogen) atoms. The molecule has 1 rings (SSSR count). The van der Waals surface area contributed by atoms with Crippen LogP contribution in [0.25, 0.3) is 0 Å². The van der Waals surface area contributed by atoms with Gasteiger partial charge in [-0.2, -0.15) is 0 Å². The van der Waals surface area contributed by atoms with E-state index < -0.39 is 12.0 Å². The minimum atomic E-state index is -1.04. The molecule has 5 nitrogen and oxygen atoms in total. The monoisotopic (exact) mass is 254 g/mol. The summed E-state index contributed by atoms with van der Waals surface area (Å²) in [6.45, 7) is 3.52. The summed E-state index contributed by atoms with van der Waals surface area (Å²) in [4.78, 5) is 27.0. The second kappa shape index (κ2) is 5.58. The Morgan fingerprint density at radius 2 is 2.24 bits per heavy atom. The molecular weight excluding hydrogens is 240 g/mol. The number of aliphatic carboxylic acids is 1. The van der Waals surface area contributed by atoms with Gasteiger partial charge in [0.1, 0.15) is 10.7 Å². The van der Waals surface area contributed by atoms with E-state index >= 15 is 0 Å². The normalized spacial score (nSPS) is 11.9. The first-order valence-corrected chi connectivity index (χ1v) is 5.61. The molecule has 0 aliphatic carbocycles. The van der Waals surface area contributed by atoms with Gasteiger partial charge in [0.05, 0.1) is 5.56 Å². The van der Waals surface area contributed by atoms with Crippen molar-refractivity contribution in [1.29, 1.82) is 0 Å². The predicted octanol–water partition coefficient (Wildman–Crippen LogP) is 1.68. The number of H-pyrrole nitrogens is 1. The molecule has 0 saturated carbocycles. The van der Waals surface area contributed by atoms with Gasteiger partial charge in [0.15, 0.2) is 0 Å². The average Bonchev–Trinajstić information content (AvgIpc) is 2.30. The second-order valence-electron chi connectivity index (χ2n) is 3.52. The summed E-state index contributed by atoms with van der Waals surface area (Å²) in [7, 11) is 0. The predicted molar refractivity (Wildman–Crippen MR) is 65.4 cm³/mol. The highest BCUT2D eigenvalue weighted by Gasteiger charge is 2.25. The quantitative estimate of drug-likeness (QED) is 0.802. The van der Waals surface area contributed by atoms with E-state index in [1.165, 1.54) is 11.8 Å². The summed E-state index contributed by atoms with van der Waals surface area (Å²) in [5, 5.41) is 8.92. The van der Waals surface area contributed by atoms with Crippen molar-refractivity contribution in [2.24, 2.45) is 0 Å². The van der Waals surface area contributed by atoms with Crippen molar-refractivity contribution in [3.8, 4) is 0 Å². The fourth-order valence-corrected chi connectivity index (χ4v) is 1.69. The summed E-state index contributed by atoms with van der Waals surface area (Å²) < 4.78 is 0.313. The van der Waals surface area contributed by atoms with Gasteiger partial charge < -0.3 is 15.0 Å². The SMILES string of the molecule is CCN(C(=O)c1ccc[nH]c1=S)C(C)C(=O)O. The number of hydrogen-bond acceptors (Lipinski definition) is 3. The molecule has 0 bridgehead atoms. The number of likely N-dealkylation sites (N-methyl/N-ethyl adjacent to an activating group) is 1. The lowest BCUT2D eigenvalue weighted by Crippen LogP contribution is -2.43. The topological polar surface area (TPSA) is 73.4 Å². The molecular formula is C11H14N2O3S. The maximum atomic E-state index is 12.1. The first kappa shape index (κ1) is 13.4. The van der Waals surface area contributed by atoms with Gasteiger partial charge in [0.2, 0.25) is 0 Å². The molecule has 0 fully saturated rings. The molecule has 1 unspecified atom stereocenters. The maximum Gasteiger partial charge on any atom is 0.326 e. The number of amides is 1. The van der Waals surface area contributed by atoms with Crippen LogP contribution in [0.3, 0.4) is 0 Å². The number of carboxylic acids is 1. The molecule has 1 aromatic rings. The van der Waals surface area contributed by atoms with E-state index in [0.717, 1.165) is 0 Å². The van der Waals surface area contributed by atoms with Crippen molar-refractivity contribution in [2.45, 2.75) is 19.9 Å². The fourth-order valence-electron chi connectivity index (χ4n) is 1.47. The highest BCUT2D eigenvalue weighted by Crippen LogP contribution is 2.09. The summed E-state index contributed by atoms with van der Waals surface area (Å²) in [6, 6.07) is 2.36. The largest absolute Gasteiger partial charge is 0.480 e. The molecule has 1 heterocycles. The zero-order valence-electron chi connectivity index (χ0n) is 9.64. The minimum absolute atomic E-state index is 0.313. The summed E-state index contributed by atoms with van der Waals surface area (Å²) in [5.41, 5.74) is 0.317. The van der Waals surface area contributed by atoms with Crippen LogP contribution in [0.4, 0.5) is 0 Å². The number of hydrogen-bond donors (Lipinski definition) is 2. The Bertz CT molecular complexity index is 484. The van der Waals surface area contributed by atoms with Crippen LogP contribution in [-0.2, 0) is 4.79 Å². The van der Waals surface area contributed by atoms with Gasteiger partial charge in [0.25, 0.3) is 5.91 Å². The third kappa shape index (κ3) is 2.91. The van der Waals surface area contributed by atoms with E-state index in [9.17, 15) is 9.59 Å². The van der Waals surface area contributed by atoms with Crippen LogP contribution < -0.4 is 0 Å². The van der Waals surface area contributed by atoms with Crippen LogP contribution in [0.2, 0.25) is 0 Å². The van der Waals surface area contributed by atoms with Crippen LogP contribution in [0.1, 0.15) is 24.2 Å². The van der Waals surface area contributed by atoms with Crippen molar-refractivity contribution < 1.29 is 14.7 Å². The highest BCUT2D eigenvalue weighted by molar-refractivity contribution is 7.71. The number of carbonyl (C=O) groups excluding carboxylic acids is 1. The molecule has 1 amide bonds. The van der Waals surface area contributed by atoms with Crippen LogP contribution in [0, 0.1) is 4.64 Å². The fraction of sp³-hybridized carbons (Fsp3) is 0.364. The Balaban J connectivity index is 3.07. The lowest BCUT2D eigenvalue weighted by atomic mass is 10.2. The third-order valence-corrected chi connectivity index (χ3v) is 2.81. The van der Waals surface area contributed by atoms with E-state index in [-0.39, 0.29) is 5.91 Å². The number of nitrogens with zero attached hydrogens (tertiary/aromatic N) is 1. The number of carbonyl (C=O) groups is 2. The zero-order valence-corrected chi connectivity index (χ0v) is 10.5. The van der Waals surface area contributed by atoms with Crippen molar-refractivity contribution in [1.82, 2.24) is 9.88 Å². The van der Waals surface area contributed by atoms with Crippen molar-refractivity contribution in [2.75, 3.05) is 6.54 Å². The van der Waals surface area contributed by atoms with E-state index in [0.29, 0.717) is 16.7 Å². The van der Waals surface area contributed by atoms with E-state index in [4.69, 9.17) is 17.3 Å². The Kier molecular flexibility index (Phi) is 4.39. The molecule has 0 aliphatic rings. The molecule has 0 saturated heterocycles. The number of rotatable bonds is 4. The van der Waals surface area contributed by atoms with Gasteiger partial charge in [-0.05, 0) is 26.0 Å². The molecule has 92 valence electrons. The van der Waals surface area contributed by atoms with Crippen molar-refractivity contribution in [3.63, 3.8) is 0 Å². The van der Waals surface area contributed by atoms with Crippen LogP contribution in [-0.4, -0.2) is 39.5 Å². The minimum Gasteiger partial charge on any atom is -0.480 e. The number of carboxylic acid groups (broad SMARTS) is 1. The third-order valence-electron chi connectivity index (χ3n) is 2.48. The Hall–Kier alpha value is -1.69. The van der Waals surface area contributed by atoms with Gasteiger partial charge >= 0.3 is 5.97 Å². The van der Waals surface area contributed by atoms with Crippen LogP contribution in [0.15, 0.2) is 18.3 Å². The van der Waals surface area contributed by atoms with Gasteiger partial charge in [-0.1, -0.05) is 12.2 Å². The Morgan fingerprint density at radius 1 is 1.59 bits per heavy atom. The van der Waals surface area contributed by atoms with Crippen LogP contribution in [0.5, 0.6) is 0 Å². The second-order valence-corrected chi connectivity index (χ2v) is 3.93. The van der Waals surface area contributed by atoms with Gasteiger partial charge in [0, 0.05) is 12.7 Å². The molecule has 0 radical (unpaired) electrons. The lowest BCUT2D eigenvalue weighted by Gasteiger charge is -2.24. The number of pyridine rings is 1. The first-order valence-electron chi connectivity index (χ1n) is 5.20. The van der Waals surface area contributed by atoms with Crippen LogP contribution >= 0.6 is 12.2 Å². The van der Waals surface area contributed by atoms with Crippen molar-refractivity contribution in [3.05, 3.63) is 28.5 Å². The summed E-state index contributed by atoms with van der Waals surface area (Å²) in [5.74, 6) is -1.41. The Morgan fingerprint density at radius 3 is 2.71 bits per heavy atom. The van der Waals surface area contributed by atoms with Crippen molar-refractivity contribution >= 4 is 24.1 Å². The molecule has 1 aromatic heterocycles.